The molecule has 2 rings (SSSR count). The Morgan fingerprint density at radius 3 is 2.62 bits per heavy atom. The molecule has 120 valence electrons. The van der Waals surface area contributed by atoms with Gasteiger partial charge in [-0.15, -0.1) is 11.3 Å². The SMILES string of the molecule is CCCCN1CCC(NS(=O)(=O)c2cc(C)c(Br)s2)CC1. The van der Waals surface area contributed by atoms with E-state index in [0.717, 1.165) is 41.8 Å². The maximum absolute atomic E-state index is 12.4. The van der Waals surface area contributed by atoms with Gasteiger partial charge in [-0.2, -0.15) is 0 Å². The maximum atomic E-state index is 12.4. The summed E-state index contributed by atoms with van der Waals surface area (Å²) in [7, 11) is -3.38. The average Bonchev–Trinajstić information content (AvgIpc) is 2.78. The Morgan fingerprint density at radius 2 is 2.10 bits per heavy atom. The van der Waals surface area contributed by atoms with Crippen LogP contribution in [-0.4, -0.2) is 39.0 Å². The van der Waals surface area contributed by atoms with E-state index in [4.69, 9.17) is 0 Å². The quantitative estimate of drug-likeness (QED) is 0.804. The molecular weight excluding hydrogens is 372 g/mol. The van der Waals surface area contributed by atoms with Gasteiger partial charge in [-0.1, -0.05) is 13.3 Å². The number of likely N-dealkylation sites (tertiary alicyclic amines) is 1. The smallest absolute Gasteiger partial charge is 0.250 e. The number of hydrogen-bond acceptors (Lipinski definition) is 4. The van der Waals surface area contributed by atoms with Crippen molar-refractivity contribution in [1.82, 2.24) is 9.62 Å². The van der Waals surface area contributed by atoms with Gasteiger partial charge in [0.15, 0.2) is 0 Å². The molecule has 1 aromatic heterocycles. The molecule has 21 heavy (non-hydrogen) atoms. The predicted octanol–water partition coefficient (Wildman–Crippen LogP) is 3.36. The molecule has 1 aliphatic rings. The van der Waals surface area contributed by atoms with E-state index in [9.17, 15) is 8.42 Å². The number of halogens is 1. The Balaban J connectivity index is 1.90. The molecule has 0 atom stereocenters. The third-order valence-corrected chi connectivity index (χ3v) is 7.97. The van der Waals surface area contributed by atoms with Crippen molar-refractivity contribution >= 4 is 37.3 Å². The maximum Gasteiger partial charge on any atom is 0.250 e. The molecule has 4 nitrogen and oxygen atoms in total. The van der Waals surface area contributed by atoms with Gasteiger partial charge in [0.2, 0.25) is 10.0 Å². The van der Waals surface area contributed by atoms with Crippen LogP contribution in [0.3, 0.4) is 0 Å². The van der Waals surface area contributed by atoms with Crippen LogP contribution in [0.4, 0.5) is 0 Å². The lowest BCUT2D eigenvalue weighted by Gasteiger charge is -2.31. The summed E-state index contributed by atoms with van der Waals surface area (Å²) in [5.74, 6) is 0. The van der Waals surface area contributed by atoms with E-state index in [-0.39, 0.29) is 6.04 Å². The fourth-order valence-electron chi connectivity index (χ4n) is 2.50. The summed E-state index contributed by atoms with van der Waals surface area (Å²) in [5.41, 5.74) is 0.967. The molecule has 1 aromatic rings. The Labute approximate surface area is 140 Å². The second-order valence-corrected chi connectivity index (χ2v) is 9.92. The van der Waals surface area contributed by atoms with E-state index in [1.54, 1.807) is 6.07 Å². The lowest BCUT2D eigenvalue weighted by Crippen LogP contribution is -2.44. The van der Waals surface area contributed by atoms with Crippen molar-refractivity contribution in [3.05, 3.63) is 15.4 Å². The molecule has 0 aliphatic carbocycles. The van der Waals surface area contributed by atoms with Crippen LogP contribution >= 0.6 is 27.3 Å². The highest BCUT2D eigenvalue weighted by molar-refractivity contribution is 9.11. The highest BCUT2D eigenvalue weighted by Gasteiger charge is 2.25. The molecule has 0 aromatic carbocycles. The summed E-state index contributed by atoms with van der Waals surface area (Å²) in [6.45, 7) is 7.21. The number of sulfonamides is 1. The molecule has 1 N–H and O–H groups in total. The van der Waals surface area contributed by atoms with Gasteiger partial charge in [0, 0.05) is 6.04 Å². The third kappa shape index (κ3) is 4.76. The number of nitrogens with zero attached hydrogens (tertiary/aromatic N) is 1. The van der Waals surface area contributed by atoms with E-state index in [1.807, 2.05) is 6.92 Å². The molecular formula is C14H23BrN2O2S2. The summed E-state index contributed by atoms with van der Waals surface area (Å²) in [6, 6.07) is 1.79. The summed E-state index contributed by atoms with van der Waals surface area (Å²) in [6.07, 6.45) is 4.22. The largest absolute Gasteiger partial charge is 0.303 e. The van der Waals surface area contributed by atoms with E-state index < -0.39 is 10.0 Å². The molecule has 0 saturated carbocycles. The third-order valence-electron chi connectivity index (χ3n) is 3.84. The van der Waals surface area contributed by atoms with Crippen molar-refractivity contribution < 1.29 is 8.42 Å². The standard InChI is InChI=1S/C14H23BrN2O2S2/c1-3-4-7-17-8-5-12(6-9-17)16-21(18,19)13-10-11(2)14(15)20-13/h10,12,16H,3-9H2,1-2H3. The number of thiophene rings is 1. The second kappa shape index (κ2) is 7.55. The van der Waals surface area contributed by atoms with Crippen LogP contribution in [0.2, 0.25) is 0 Å². The van der Waals surface area contributed by atoms with Crippen molar-refractivity contribution in [2.75, 3.05) is 19.6 Å². The van der Waals surface area contributed by atoms with Gasteiger partial charge < -0.3 is 4.90 Å². The van der Waals surface area contributed by atoms with E-state index >= 15 is 0 Å². The van der Waals surface area contributed by atoms with Gasteiger partial charge in [-0.3, -0.25) is 0 Å². The van der Waals surface area contributed by atoms with Crippen molar-refractivity contribution in [1.29, 1.82) is 0 Å². The topological polar surface area (TPSA) is 49.4 Å². The van der Waals surface area contributed by atoms with Crippen molar-refractivity contribution in [2.24, 2.45) is 0 Å². The number of nitrogens with one attached hydrogen (secondary N) is 1. The molecule has 2 heterocycles. The van der Waals surface area contributed by atoms with Gasteiger partial charge in [0.25, 0.3) is 0 Å². The lowest BCUT2D eigenvalue weighted by molar-refractivity contribution is 0.205. The Hall–Kier alpha value is 0.0500. The molecule has 0 radical (unpaired) electrons. The van der Waals surface area contributed by atoms with Gasteiger partial charge >= 0.3 is 0 Å². The highest BCUT2D eigenvalue weighted by atomic mass is 79.9. The Kier molecular flexibility index (Phi) is 6.25. The fourth-order valence-corrected chi connectivity index (χ4v) is 6.04. The minimum atomic E-state index is -3.38. The molecule has 1 aliphatic heterocycles. The Morgan fingerprint density at radius 1 is 1.43 bits per heavy atom. The van der Waals surface area contributed by atoms with Crippen molar-refractivity contribution in [3.8, 4) is 0 Å². The van der Waals surface area contributed by atoms with Gasteiger partial charge in [0.05, 0.1) is 3.79 Å². The number of unbranched alkanes of at least 4 members (excludes halogenated alkanes) is 1. The fraction of sp³-hybridized carbons (Fsp3) is 0.714. The van der Waals surface area contributed by atoms with Crippen LogP contribution in [0.15, 0.2) is 14.1 Å². The number of hydrogen-bond donors (Lipinski definition) is 1. The molecule has 0 unspecified atom stereocenters. The van der Waals surface area contributed by atoms with Crippen molar-refractivity contribution in [2.45, 2.75) is 49.8 Å². The molecule has 0 bridgehead atoms. The highest BCUT2D eigenvalue weighted by Crippen LogP contribution is 2.30. The average molecular weight is 395 g/mol. The van der Waals surface area contributed by atoms with Crippen LogP contribution in [-0.2, 0) is 10.0 Å². The van der Waals surface area contributed by atoms with Crippen LogP contribution in [0, 0.1) is 6.92 Å². The van der Waals surface area contributed by atoms with Crippen LogP contribution in [0.5, 0.6) is 0 Å². The van der Waals surface area contributed by atoms with Gasteiger partial charge in [-0.25, -0.2) is 13.1 Å². The minimum absolute atomic E-state index is 0.0639. The summed E-state index contributed by atoms with van der Waals surface area (Å²) in [4.78, 5) is 2.43. The monoisotopic (exact) mass is 394 g/mol. The Bertz CT molecular complexity index is 544. The van der Waals surface area contributed by atoms with E-state index in [1.165, 1.54) is 24.2 Å². The van der Waals surface area contributed by atoms with E-state index in [0.29, 0.717) is 4.21 Å². The van der Waals surface area contributed by atoms with Gasteiger partial charge in [-0.05, 0) is 73.4 Å². The van der Waals surface area contributed by atoms with E-state index in [2.05, 4.69) is 32.5 Å². The summed E-state index contributed by atoms with van der Waals surface area (Å²) < 4.78 is 28.9. The first kappa shape index (κ1) is 17.4. The first-order chi connectivity index (χ1) is 9.92. The van der Waals surface area contributed by atoms with Crippen LogP contribution in [0.25, 0.3) is 0 Å². The van der Waals surface area contributed by atoms with Crippen LogP contribution < -0.4 is 4.72 Å². The minimum Gasteiger partial charge on any atom is -0.303 e. The lowest BCUT2D eigenvalue weighted by atomic mass is 10.1. The zero-order valence-corrected chi connectivity index (χ0v) is 15.8. The number of aryl methyl sites for hydroxylation is 1. The zero-order valence-electron chi connectivity index (χ0n) is 12.6. The number of piperidine rings is 1. The summed E-state index contributed by atoms with van der Waals surface area (Å²) >= 11 is 4.66. The van der Waals surface area contributed by atoms with Gasteiger partial charge in [0.1, 0.15) is 4.21 Å². The molecule has 1 saturated heterocycles. The second-order valence-electron chi connectivity index (χ2n) is 5.61. The first-order valence-electron chi connectivity index (χ1n) is 7.43. The molecule has 7 heteroatoms. The predicted molar refractivity (Wildman–Crippen MR) is 91.4 cm³/mol. The first-order valence-corrected chi connectivity index (χ1v) is 10.5. The summed E-state index contributed by atoms with van der Waals surface area (Å²) in [5, 5.41) is 0. The normalized spacial score (nSPS) is 18.2. The molecule has 0 spiro atoms. The number of rotatable bonds is 6. The molecule has 0 amide bonds. The molecule has 1 fully saturated rings. The van der Waals surface area contributed by atoms with Crippen molar-refractivity contribution in [3.63, 3.8) is 0 Å². The zero-order chi connectivity index (χ0) is 15.5. The van der Waals surface area contributed by atoms with Crippen LogP contribution in [0.1, 0.15) is 38.2 Å².